The number of amides is 1. The third-order valence-corrected chi connectivity index (χ3v) is 3.40. The lowest BCUT2D eigenvalue weighted by Gasteiger charge is -1.95. The number of fused-ring (bicyclic) bond motifs is 2. The van der Waals surface area contributed by atoms with E-state index in [9.17, 15) is 9.59 Å². The molecule has 4 rings (SSSR count). The summed E-state index contributed by atoms with van der Waals surface area (Å²) in [6, 6.07) is 9.33. The van der Waals surface area contributed by atoms with E-state index in [0.717, 1.165) is 26.9 Å². The molecule has 0 bridgehead atoms. The second kappa shape index (κ2) is 5.53. The van der Waals surface area contributed by atoms with Gasteiger partial charge in [0.15, 0.2) is 0 Å². The maximum absolute atomic E-state index is 10.8. The van der Waals surface area contributed by atoms with Crippen LogP contribution in [0.2, 0.25) is 0 Å². The molecule has 0 fully saturated rings. The molecule has 2 aromatic heterocycles. The highest BCUT2D eigenvalue weighted by Gasteiger charge is 2.18. The lowest BCUT2D eigenvalue weighted by Crippen LogP contribution is -2.03. The molecule has 21 heavy (non-hydrogen) atoms. The molecule has 3 N–H and O–H groups in total. The van der Waals surface area contributed by atoms with Crippen LogP contribution in [0.5, 0.6) is 0 Å². The first-order valence-corrected chi connectivity index (χ1v) is 7.02. The van der Waals surface area contributed by atoms with Gasteiger partial charge in [-0.05, 0) is 34.1 Å². The molecule has 6 nitrogen and oxygen atoms in total. The molecular formula is C14H11BrN4O2. The van der Waals surface area contributed by atoms with E-state index in [2.05, 4.69) is 36.2 Å². The number of benzene rings is 1. The minimum absolute atomic E-state index is 0.0191. The van der Waals surface area contributed by atoms with Crippen LogP contribution in [0, 0.1) is 0 Å². The molecule has 0 unspecified atom stereocenters. The van der Waals surface area contributed by atoms with Crippen LogP contribution in [0.15, 0.2) is 45.8 Å². The molecule has 0 saturated heterocycles. The highest BCUT2D eigenvalue weighted by atomic mass is 79.9. The van der Waals surface area contributed by atoms with Gasteiger partial charge < -0.3 is 15.3 Å². The highest BCUT2D eigenvalue weighted by molar-refractivity contribution is 9.10. The van der Waals surface area contributed by atoms with E-state index in [1.807, 2.05) is 30.3 Å². The average molecular weight is 347 g/mol. The van der Waals surface area contributed by atoms with Crippen LogP contribution in [0.1, 0.15) is 5.69 Å². The first-order valence-electron chi connectivity index (χ1n) is 6.23. The van der Waals surface area contributed by atoms with Gasteiger partial charge in [-0.2, -0.15) is 0 Å². The van der Waals surface area contributed by atoms with Gasteiger partial charge in [0.05, 0.1) is 28.8 Å². The van der Waals surface area contributed by atoms with E-state index in [1.165, 1.54) is 0 Å². The summed E-state index contributed by atoms with van der Waals surface area (Å²) < 4.78 is 0.887. The minimum Gasteiger partial charge on any atom is -0.324 e. The molecule has 0 radical (unpaired) electrons. The predicted molar refractivity (Wildman–Crippen MR) is 83.2 cm³/mol. The van der Waals surface area contributed by atoms with Crippen LogP contribution >= 0.6 is 15.9 Å². The number of aromatic amines is 2. The predicted octanol–water partition coefficient (Wildman–Crippen LogP) is 2.19. The van der Waals surface area contributed by atoms with Crippen molar-refractivity contribution in [1.29, 1.82) is 0 Å². The van der Waals surface area contributed by atoms with E-state index < -0.39 is 0 Å². The maximum atomic E-state index is 10.8. The van der Waals surface area contributed by atoms with Crippen LogP contribution in [-0.2, 0) is 11.2 Å². The van der Waals surface area contributed by atoms with Gasteiger partial charge in [-0.15, -0.1) is 0 Å². The van der Waals surface area contributed by atoms with Crippen molar-refractivity contribution in [3.05, 3.63) is 57.2 Å². The topological polar surface area (TPSA) is 90.6 Å². The van der Waals surface area contributed by atoms with Gasteiger partial charge in [0.1, 0.15) is 0 Å². The van der Waals surface area contributed by atoms with Crippen molar-refractivity contribution in [2.45, 2.75) is 6.42 Å². The summed E-state index contributed by atoms with van der Waals surface area (Å²) in [5.74, 6) is 0.0191. The summed E-state index contributed by atoms with van der Waals surface area (Å²) in [5.41, 5.74) is 3.21. The number of H-pyrrole nitrogens is 2. The summed E-state index contributed by atoms with van der Waals surface area (Å²) in [5, 5.41) is 2.71. The third kappa shape index (κ3) is 3.03. The van der Waals surface area contributed by atoms with Gasteiger partial charge in [0.25, 0.3) is 0 Å². The summed E-state index contributed by atoms with van der Waals surface area (Å²) >= 11 is 3.27. The fraction of sp³-hybridized carbons (Fsp3) is 0.0714. The molecule has 1 amide bonds. The van der Waals surface area contributed by atoms with Gasteiger partial charge >= 0.3 is 5.69 Å². The van der Waals surface area contributed by atoms with Crippen molar-refractivity contribution in [2.24, 2.45) is 0 Å². The molecule has 0 saturated carbocycles. The molecule has 1 aliphatic heterocycles. The Bertz CT molecular complexity index is 833. The smallest absolute Gasteiger partial charge is 0.323 e. The largest absolute Gasteiger partial charge is 0.324 e. The molecule has 0 atom stereocenters. The number of pyridine rings is 1. The van der Waals surface area contributed by atoms with Crippen molar-refractivity contribution >= 4 is 38.6 Å². The maximum Gasteiger partial charge on any atom is 0.323 e. The van der Waals surface area contributed by atoms with E-state index >= 15 is 0 Å². The summed E-state index contributed by atoms with van der Waals surface area (Å²) in [6.07, 6.45) is 2.10. The van der Waals surface area contributed by atoms with Gasteiger partial charge in [-0.25, -0.2) is 4.79 Å². The first-order chi connectivity index (χ1) is 10.1. The summed E-state index contributed by atoms with van der Waals surface area (Å²) in [6.45, 7) is 0. The summed E-state index contributed by atoms with van der Waals surface area (Å²) in [7, 11) is 0. The number of hydrogen-bond acceptors (Lipinski definition) is 3. The number of carbonyl (C=O) groups excluding carboxylic acids is 1. The number of anilines is 1. The van der Waals surface area contributed by atoms with E-state index in [4.69, 9.17) is 0 Å². The van der Waals surface area contributed by atoms with Gasteiger partial charge in [0.2, 0.25) is 5.91 Å². The minimum atomic E-state index is -0.152. The van der Waals surface area contributed by atoms with Crippen LogP contribution in [0.25, 0.3) is 11.0 Å². The molecule has 1 aliphatic rings. The van der Waals surface area contributed by atoms with Crippen molar-refractivity contribution in [3.8, 4) is 0 Å². The quantitative estimate of drug-likeness (QED) is 0.582. The van der Waals surface area contributed by atoms with Crippen molar-refractivity contribution in [1.82, 2.24) is 15.0 Å². The average Bonchev–Trinajstić information content (AvgIpc) is 2.99. The van der Waals surface area contributed by atoms with E-state index in [-0.39, 0.29) is 11.6 Å². The Morgan fingerprint density at radius 3 is 2.43 bits per heavy atom. The molecule has 3 heterocycles. The molecule has 106 valence electrons. The highest BCUT2D eigenvalue weighted by Crippen LogP contribution is 2.23. The number of imidazole rings is 1. The zero-order valence-electron chi connectivity index (χ0n) is 10.8. The number of aromatic nitrogens is 3. The number of carbonyl (C=O) groups is 1. The number of hydrogen-bond donors (Lipinski definition) is 3. The molecule has 1 aromatic carbocycles. The Hall–Kier alpha value is -2.41. The Morgan fingerprint density at radius 1 is 1.10 bits per heavy atom. The number of para-hydroxylation sites is 2. The van der Waals surface area contributed by atoms with Crippen LogP contribution in [-0.4, -0.2) is 20.9 Å². The van der Waals surface area contributed by atoms with E-state index in [0.29, 0.717) is 6.42 Å². The van der Waals surface area contributed by atoms with Crippen LogP contribution in [0.4, 0.5) is 5.69 Å². The zero-order valence-corrected chi connectivity index (χ0v) is 12.4. The Morgan fingerprint density at radius 2 is 1.76 bits per heavy atom. The number of rotatable bonds is 0. The lowest BCUT2D eigenvalue weighted by molar-refractivity contribution is -0.115. The van der Waals surface area contributed by atoms with Crippen LogP contribution < -0.4 is 11.0 Å². The zero-order chi connectivity index (χ0) is 14.8. The van der Waals surface area contributed by atoms with Gasteiger partial charge in [-0.1, -0.05) is 12.1 Å². The number of nitrogens with one attached hydrogen (secondary N) is 3. The monoisotopic (exact) mass is 346 g/mol. The Labute approximate surface area is 127 Å². The van der Waals surface area contributed by atoms with Crippen molar-refractivity contribution in [2.75, 3.05) is 5.32 Å². The van der Waals surface area contributed by atoms with E-state index in [1.54, 1.807) is 6.20 Å². The third-order valence-electron chi connectivity index (χ3n) is 2.96. The second-order valence-corrected chi connectivity index (χ2v) is 5.41. The SMILES string of the molecule is O=C1Cc2ncc(Br)cc2N1.O=c1[nH]c2ccccc2[nH]1. The van der Waals surface area contributed by atoms with Crippen molar-refractivity contribution in [3.63, 3.8) is 0 Å². The molecule has 3 aromatic rings. The molecule has 0 spiro atoms. The summed E-state index contributed by atoms with van der Waals surface area (Å²) in [4.78, 5) is 30.9. The normalized spacial score (nSPS) is 12.5. The Balaban J connectivity index is 0.000000126. The fourth-order valence-electron chi connectivity index (χ4n) is 2.04. The molecule has 0 aliphatic carbocycles. The molecule has 7 heteroatoms. The van der Waals surface area contributed by atoms with Crippen LogP contribution in [0.3, 0.4) is 0 Å². The first kappa shape index (κ1) is 13.6. The molecular weight excluding hydrogens is 336 g/mol. The second-order valence-electron chi connectivity index (χ2n) is 4.50. The number of nitrogens with zero attached hydrogens (tertiary/aromatic N) is 1. The van der Waals surface area contributed by atoms with Gasteiger partial charge in [-0.3, -0.25) is 9.78 Å². The lowest BCUT2D eigenvalue weighted by atomic mass is 10.3. The van der Waals surface area contributed by atoms with Gasteiger partial charge in [0, 0.05) is 10.7 Å². The fourth-order valence-corrected chi connectivity index (χ4v) is 2.37. The Kier molecular flexibility index (Phi) is 3.57. The van der Waals surface area contributed by atoms with Crippen molar-refractivity contribution < 1.29 is 4.79 Å². The standard InChI is InChI=1S/C7H5BrN2O.C7H6N2O/c8-4-1-6-5(9-3-4)2-7(11)10-6;10-7-8-5-3-1-2-4-6(5)9-7/h1,3H,2H2,(H,10,11);1-4H,(H2,8,9,10). The number of halogens is 1.